The van der Waals surface area contributed by atoms with E-state index in [1.165, 1.54) is 0 Å². The number of carbonyl (C=O) groups excluding carboxylic acids is 1. The number of nitrogens with two attached hydrogens (primary N) is 1. The number of hydrogen-bond donors (Lipinski definition) is 3. The third-order valence-electron chi connectivity index (χ3n) is 4.20. The van der Waals surface area contributed by atoms with Crippen LogP contribution in [0, 0.1) is 0 Å². The van der Waals surface area contributed by atoms with E-state index in [0.717, 1.165) is 32.1 Å². The number of aliphatic hydroxyl groups is 1. The second kappa shape index (κ2) is 5.55. The fourth-order valence-corrected chi connectivity index (χ4v) is 2.76. The molecule has 1 heterocycles. The number of amides is 1. The van der Waals surface area contributed by atoms with Crippen molar-refractivity contribution < 1.29 is 14.6 Å². The molecular formula is C13H24N2O3. The summed E-state index contributed by atoms with van der Waals surface area (Å²) < 4.78 is 5.21. The first-order valence-corrected chi connectivity index (χ1v) is 6.92. The number of nitrogens with one attached hydrogen (secondary N) is 1. The lowest BCUT2D eigenvalue weighted by Crippen LogP contribution is -2.58. The van der Waals surface area contributed by atoms with Crippen LogP contribution < -0.4 is 11.1 Å². The Kier molecular flexibility index (Phi) is 4.25. The van der Waals surface area contributed by atoms with Crippen molar-refractivity contribution >= 4 is 5.91 Å². The maximum atomic E-state index is 12.1. The molecule has 2 fully saturated rings. The summed E-state index contributed by atoms with van der Waals surface area (Å²) in [6.45, 7) is 1.40. The predicted molar refractivity (Wildman–Crippen MR) is 68.0 cm³/mol. The molecule has 0 aromatic rings. The van der Waals surface area contributed by atoms with Crippen molar-refractivity contribution in [2.75, 3.05) is 19.8 Å². The van der Waals surface area contributed by atoms with Crippen LogP contribution in [0.3, 0.4) is 0 Å². The van der Waals surface area contributed by atoms with E-state index in [-0.39, 0.29) is 12.5 Å². The highest BCUT2D eigenvalue weighted by atomic mass is 16.5. The molecule has 0 aromatic heterocycles. The van der Waals surface area contributed by atoms with Crippen LogP contribution in [0.1, 0.15) is 44.9 Å². The molecular weight excluding hydrogens is 232 g/mol. The van der Waals surface area contributed by atoms with Gasteiger partial charge in [-0.2, -0.15) is 0 Å². The standard InChI is InChI=1S/C13H24N2O3/c14-13(4-2-1-3-5-13)11(16)15-10-12(17)6-8-18-9-7-12/h17H,1-10,14H2,(H,15,16). The highest BCUT2D eigenvalue weighted by Crippen LogP contribution is 2.26. The molecule has 2 rings (SSSR count). The van der Waals surface area contributed by atoms with Gasteiger partial charge in [0.2, 0.25) is 5.91 Å². The molecule has 1 saturated carbocycles. The molecule has 1 saturated heterocycles. The van der Waals surface area contributed by atoms with Gasteiger partial charge in [0.25, 0.3) is 0 Å². The van der Waals surface area contributed by atoms with Crippen LogP contribution in [0.25, 0.3) is 0 Å². The van der Waals surface area contributed by atoms with Crippen molar-refractivity contribution in [3.63, 3.8) is 0 Å². The molecule has 1 amide bonds. The molecule has 0 aromatic carbocycles. The molecule has 0 radical (unpaired) electrons. The number of hydrogen-bond acceptors (Lipinski definition) is 4. The van der Waals surface area contributed by atoms with Gasteiger partial charge in [-0.25, -0.2) is 0 Å². The molecule has 0 bridgehead atoms. The Labute approximate surface area is 108 Å². The lowest BCUT2D eigenvalue weighted by atomic mass is 9.81. The lowest BCUT2D eigenvalue weighted by Gasteiger charge is -2.35. The maximum absolute atomic E-state index is 12.1. The van der Waals surface area contributed by atoms with Gasteiger partial charge in [-0.15, -0.1) is 0 Å². The van der Waals surface area contributed by atoms with Crippen LogP contribution in [-0.2, 0) is 9.53 Å². The van der Waals surface area contributed by atoms with Crippen LogP contribution in [-0.4, -0.2) is 41.9 Å². The molecule has 1 aliphatic carbocycles. The highest BCUT2D eigenvalue weighted by molar-refractivity contribution is 5.86. The minimum absolute atomic E-state index is 0.109. The zero-order valence-corrected chi connectivity index (χ0v) is 10.9. The van der Waals surface area contributed by atoms with Gasteiger partial charge in [-0.05, 0) is 12.8 Å². The second-order valence-corrected chi connectivity index (χ2v) is 5.74. The summed E-state index contributed by atoms with van der Waals surface area (Å²) in [5.74, 6) is -0.109. The Morgan fingerprint density at radius 1 is 1.17 bits per heavy atom. The molecule has 4 N–H and O–H groups in total. The van der Waals surface area contributed by atoms with E-state index in [2.05, 4.69) is 5.32 Å². The molecule has 0 spiro atoms. The summed E-state index contributed by atoms with van der Waals surface area (Å²) in [4.78, 5) is 12.1. The molecule has 0 unspecified atom stereocenters. The first kappa shape index (κ1) is 13.8. The lowest BCUT2D eigenvalue weighted by molar-refractivity contribution is -0.130. The molecule has 0 atom stereocenters. The van der Waals surface area contributed by atoms with E-state index < -0.39 is 11.1 Å². The van der Waals surface area contributed by atoms with Gasteiger partial charge in [0.05, 0.1) is 11.1 Å². The summed E-state index contributed by atoms with van der Waals surface area (Å²) in [5, 5.41) is 13.1. The largest absolute Gasteiger partial charge is 0.388 e. The van der Waals surface area contributed by atoms with Gasteiger partial charge in [0.15, 0.2) is 0 Å². The van der Waals surface area contributed by atoms with E-state index >= 15 is 0 Å². The summed E-state index contributed by atoms with van der Waals surface area (Å²) in [6.07, 6.45) is 5.84. The van der Waals surface area contributed by atoms with Crippen LogP contribution in [0.5, 0.6) is 0 Å². The predicted octanol–water partition coefficient (Wildman–Crippen LogP) is 0.306. The van der Waals surface area contributed by atoms with Crippen molar-refractivity contribution in [1.29, 1.82) is 0 Å². The van der Waals surface area contributed by atoms with Gasteiger partial charge in [-0.1, -0.05) is 19.3 Å². The fraction of sp³-hybridized carbons (Fsp3) is 0.923. The van der Waals surface area contributed by atoms with E-state index in [4.69, 9.17) is 10.5 Å². The zero-order valence-electron chi connectivity index (χ0n) is 10.9. The summed E-state index contributed by atoms with van der Waals surface area (Å²) >= 11 is 0. The van der Waals surface area contributed by atoms with Crippen molar-refractivity contribution in [2.45, 2.75) is 56.1 Å². The van der Waals surface area contributed by atoms with Crippen LogP contribution in [0.4, 0.5) is 0 Å². The molecule has 1 aliphatic heterocycles. The average Bonchev–Trinajstić information content (AvgIpc) is 2.38. The quantitative estimate of drug-likeness (QED) is 0.678. The van der Waals surface area contributed by atoms with Crippen LogP contribution in [0.15, 0.2) is 0 Å². The van der Waals surface area contributed by atoms with Crippen LogP contribution in [0.2, 0.25) is 0 Å². The first-order valence-electron chi connectivity index (χ1n) is 6.92. The smallest absolute Gasteiger partial charge is 0.240 e. The Morgan fingerprint density at radius 2 is 1.78 bits per heavy atom. The topological polar surface area (TPSA) is 84.6 Å². The van der Waals surface area contributed by atoms with Crippen molar-refractivity contribution in [2.24, 2.45) is 5.73 Å². The SMILES string of the molecule is NC1(C(=O)NCC2(O)CCOCC2)CCCCC1. The summed E-state index contributed by atoms with van der Waals surface area (Å²) in [5.41, 5.74) is 4.60. The van der Waals surface area contributed by atoms with E-state index in [1.807, 2.05) is 0 Å². The van der Waals surface area contributed by atoms with E-state index in [1.54, 1.807) is 0 Å². The minimum atomic E-state index is -0.820. The van der Waals surface area contributed by atoms with Crippen molar-refractivity contribution in [3.05, 3.63) is 0 Å². The normalized spacial score (nSPS) is 26.6. The fourth-order valence-electron chi connectivity index (χ4n) is 2.76. The van der Waals surface area contributed by atoms with Gasteiger partial charge >= 0.3 is 0 Å². The number of rotatable bonds is 3. The van der Waals surface area contributed by atoms with Crippen LogP contribution >= 0.6 is 0 Å². The second-order valence-electron chi connectivity index (χ2n) is 5.74. The summed E-state index contributed by atoms with van der Waals surface area (Å²) in [6, 6.07) is 0. The summed E-state index contributed by atoms with van der Waals surface area (Å²) in [7, 11) is 0. The number of ether oxygens (including phenoxy) is 1. The average molecular weight is 256 g/mol. The van der Waals surface area contributed by atoms with E-state index in [0.29, 0.717) is 26.1 Å². The van der Waals surface area contributed by atoms with Gasteiger partial charge < -0.3 is 20.9 Å². The first-order chi connectivity index (χ1) is 8.54. The zero-order chi connectivity index (χ0) is 13.1. The molecule has 18 heavy (non-hydrogen) atoms. The van der Waals surface area contributed by atoms with Gasteiger partial charge in [0, 0.05) is 32.6 Å². The minimum Gasteiger partial charge on any atom is -0.388 e. The Balaban J connectivity index is 1.83. The molecule has 5 heteroatoms. The van der Waals surface area contributed by atoms with Crippen molar-refractivity contribution in [3.8, 4) is 0 Å². The van der Waals surface area contributed by atoms with Gasteiger partial charge in [0.1, 0.15) is 0 Å². The number of carbonyl (C=O) groups is 1. The Morgan fingerprint density at radius 3 is 2.39 bits per heavy atom. The molecule has 5 nitrogen and oxygen atoms in total. The van der Waals surface area contributed by atoms with E-state index in [9.17, 15) is 9.90 Å². The maximum Gasteiger partial charge on any atom is 0.240 e. The Hall–Kier alpha value is -0.650. The van der Waals surface area contributed by atoms with Crippen molar-refractivity contribution in [1.82, 2.24) is 5.32 Å². The highest BCUT2D eigenvalue weighted by Gasteiger charge is 2.37. The Bertz CT molecular complexity index is 295. The third kappa shape index (κ3) is 3.22. The third-order valence-corrected chi connectivity index (χ3v) is 4.20. The molecule has 2 aliphatic rings. The monoisotopic (exact) mass is 256 g/mol. The molecule has 104 valence electrons. The van der Waals surface area contributed by atoms with Gasteiger partial charge in [-0.3, -0.25) is 4.79 Å².